The van der Waals surface area contributed by atoms with Gasteiger partial charge in [-0.05, 0) is 19.1 Å². The van der Waals surface area contributed by atoms with Crippen LogP contribution in [0.5, 0.6) is 0 Å². The van der Waals surface area contributed by atoms with Crippen molar-refractivity contribution in [1.29, 1.82) is 0 Å². The number of anilines is 1. The fraction of sp³-hybridized carbons (Fsp3) is 0.462. The fourth-order valence-corrected chi connectivity index (χ4v) is 3.00. The van der Waals surface area contributed by atoms with Crippen molar-refractivity contribution in [3.8, 4) is 0 Å². The largest absolute Gasteiger partial charge is 0.385 e. The average molecular weight is 312 g/mol. The van der Waals surface area contributed by atoms with Crippen LogP contribution in [-0.2, 0) is 10.2 Å². The van der Waals surface area contributed by atoms with Gasteiger partial charge in [-0.25, -0.2) is 5.14 Å². The minimum absolute atomic E-state index is 0.0966. The molecule has 7 nitrogen and oxygen atoms in total. The van der Waals surface area contributed by atoms with Gasteiger partial charge in [0, 0.05) is 38.4 Å². The summed E-state index contributed by atoms with van der Waals surface area (Å²) in [6.07, 6.45) is 0. The molecule has 1 aliphatic rings. The van der Waals surface area contributed by atoms with Crippen LogP contribution in [0, 0.1) is 0 Å². The van der Waals surface area contributed by atoms with E-state index in [1.165, 1.54) is 4.31 Å². The lowest BCUT2D eigenvalue weighted by Gasteiger charge is -2.33. The number of carbonyl (C=O) groups is 1. The Kier molecular flexibility index (Phi) is 4.81. The second kappa shape index (κ2) is 6.42. The molecule has 0 aromatic heterocycles. The molecule has 0 bridgehead atoms. The van der Waals surface area contributed by atoms with E-state index in [0.29, 0.717) is 18.7 Å². The highest BCUT2D eigenvalue weighted by Crippen LogP contribution is 2.18. The van der Waals surface area contributed by atoms with Gasteiger partial charge in [-0.15, -0.1) is 0 Å². The molecule has 0 aliphatic carbocycles. The molecule has 1 aromatic carbocycles. The predicted molar refractivity (Wildman–Crippen MR) is 81.2 cm³/mol. The van der Waals surface area contributed by atoms with Crippen LogP contribution in [-0.4, -0.2) is 56.3 Å². The van der Waals surface area contributed by atoms with Crippen LogP contribution in [0.3, 0.4) is 0 Å². The fourth-order valence-electron chi connectivity index (χ4n) is 2.33. The lowest BCUT2D eigenvalue weighted by Crippen LogP contribution is -2.52. The number of amides is 1. The van der Waals surface area contributed by atoms with E-state index < -0.39 is 10.2 Å². The maximum absolute atomic E-state index is 12.5. The van der Waals surface area contributed by atoms with Crippen molar-refractivity contribution in [2.75, 3.05) is 38.0 Å². The van der Waals surface area contributed by atoms with E-state index in [4.69, 9.17) is 5.14 Å². The Morgan fingerprint density at radius 1 is 1.24 bits per heavy atom. The molecule has 0 spiro atoms. The van der Waals surface area contributed by atoms with Gasteiger partial charge in [-0.3, -0.25) is 4.79 Å². The zero-order valence-electron chi connectivity index (χ0n) is 11.9. The van der Waals surface area contributed by atoms with E-state index in [2.05, 4.69) is 5.32 Å². The highest BCUT2D eigenvalue weighted by molar-refractivity contribution is 7.86. The summed E-state index contributed by atoms with van der Waals surface area (Å²) in [5, 5.41) is 8.25. The number of hydrogen-bond acceptors (Lipinski definition) is 4. The maximum atomic E-state index is 12.5. The number of rotatable bonds is 4. The van der Waals surface area contributed by atoms with Crippen molar-refractivity contribution in [1.82, 2.24) is 9.21 Å². The molecule has 0 radical (unpaired) electrons. The molecular formula is C13H20N4O3S. The first-order valence-electron chi connectivity index (χ1n) is 6.83. The van der Waals surface area contributed by atoms with Crippen molar-refractivity contribution >= 4 is 21.8 Å². The Morgan fingerprint density at radius 2 is 1.86 bits per heavy atom. The van der Waals surface area contributed by atoms with E-state index in [1.807, 2.05) is 25.1 Å². The van der Waals surface area contributed by atoms with E-state index in [-0.39, 0.29) is 19.0 Å². The third-order valence-electron chi connectivity index (χ3n) is 3.41. The summed E-state index contributed by atoms with van der Waals surface area (Å²) in [4.78, 5) is 14.2. The molecule has 1 saturated heterocycles. The molecule has 1 fully saturated rings. The average Bonchev–Trinajstić information content (AvgIpc) is 2.47. The minimum Gasteiger partial charge on any atom is -0.385 e. The van der Waals surface area contributed by atoms with Gasteiger partial charge in [-0.2, -0.15) is 12.7 Å². The van der Waals surface area contributed by atoms with Gasteiger partial charge in [0.2, 0.25) is 0 Å². The van der Waals surface area contributed by atoms with E-state index in [0.717, 1.165) is 12.2 Å². The molecule has 8 heteroatoms. The first kappa shape index (κ1) is 15.7. The van der Waals surface area contributed by atoms with Gasteiger partial charge in [0.05, 0.1) is 5.56 Å². The molecule has 0 saturated carbocycles. The molecule has 1 aromatic rings. The third-order valence-corrected chi connectivity index (χ3v) is 4.50. The Bertz CT molecular complexity index is 610. The van der Waals surface area contributed by atoms with Crippen LogP contribution in [0.2, 0.25) is 0 Å². The van der Waals surface area contributed by atoms with Gasteiger partial charge in [0.15, 0.2) is 0 Å². The summed E-state index contributed by atoms with van der Waals surface area (Å²) >= 11 is 0. The van der Waals surface area contributed by atoms with Gasteiger partial charge in [-0.1, -0.05) is 12.1 Å². The SMILES string of the molecule is CCNc1ccccc1C(=O)N1CCN(S(N)(=O)=O)CC1. The van der Waals surface area contributed by atoms with Crippen LogP contribution in [0.1, 0.15) is 17.3 Å². The highest BCUT2D eigenvalue weighted by Gasteiger charge is 2.27. The number of hydrogen-bond donors (Lipinski definition) is 2. The molecule has 1 heterocycles. The lowest BCUT2D eigenvalue weighted by molar-refractivity contribution is 0.0699. The smallest absolute Gasteiger partial charge is 0.277 e. The van der Waals surface area contributed by atoms with Gasteiger partial charge < -0.3 is 10.2 Å². The zero-order chi connectivity index (χ0) is 15.5. The summed E-state index contributed by atoms with van der Waals surface area (Å²) < 4.78 is 23.7. The van der Waals surface area contributed by atoms with Crippen molar-refractivity contribution < 1.29 is 13.2 Å². The van der Waals surface area contributed by atoms with Crippen molar-refractivity contribution in [2.24, 2.45) is 5.14 Å². The number of nitrogens with one attached hydrogen (secondary N) is 1. The van der Waals surface area contributed by atoms with Gasteiger partial charge >= 0.3 is 0 Å². The van der Waals surface area contributed by atoms with Crippen LogP contribution in [0.4, 0.5) is 5.69 Å². The molecule has 2 rings (SSSR count). The van der Waals surface area contributed by atoms with E-state index in [9.17, 15) is 13.2 Å². The molecule has 3 N–H and O–H groups in total. The van der Waals surface area contributed by atoms with Crippen molar-refractivity contribution in [3.63, 3.8) is 0 Å². The highest BCUT2D eigenvalue weighted by atomic mass is 32.2. The van der Waals surface area contributed by atoms with E-state index in [1.54, 1.807) is 11.0 Å². The Balaban J connectivity index is 2.09. The predicted octanol–water partition coefficient (Wildman–Crippen LogP) is 0.0797. The van der Waals surface area contributed by atoms with Crippen molar-refractivity contribution in [3.05, 3.63) is 29.8 Å². The molecule has 21 heavy (non-hydrogen) atoms. The molecule has 1 amide bonds. The second-order valence-electron chi connectivity index (χ2n) is 4.81. The summed E-state index contributed by atoms with van der Waals surface area (Å²) in [5.74, 6) is -0.0966. The molecule has 0 atom stereocenters. The quantitative estimate of drug-likeness (QED) is 0.823. The number of benzene rings is 1. The number of carbonyl (C=O) groups excluding carboxylic acids is 1. The van der Waals surface area contributed by atoms with Crippen LogP contribution < -0.4 is 10.5 Å². The zero-order valence-corrected chi connectivity index (χ0v) is 12.8. The lowest BCUT2D eigenvalue weighted by atomic mass is 10.1. The number of nitrogens with two attached hydrogens (primary N) is 1. The Hall–Kier alpha value is -1.64. The number of piperazine rings is 1. The van der Waals surface area contributed by atoms with Crippen LogP contribution in [0.25, 0.3) is 0 Å². The molecular weight excluding hydrogens is 292 g/mol. The number of para-hydroxylation sites is 1. The molecule has 1 aliphatic heterocycles. The summed E-state index contributed by atoms with van der Waals surface area (Å²) in [7, 11) is -3.67. The van der Waals surface area contributed by atoms with Crippen LogP contribution in [0.15, 0.2) is 24.3 Å². The second-order valence-corrected chi connectivity index (χ2v) is 6.36. The molecule has 116 valence electrons. The minimum atomic E-state index is -3.67. The van der Waals surface area contributed by atoms with Gasteiger partial charge in [0.25, 0.3) is 16.1 Å². The third kappa shape index (κ3) is 3.72. The molecule has 0 unspecified atom stereocenters. The normalized spacial score (nSPS) is 16.8. The Morgan fingerprint density at radius 3 is 2.43 bits per heavy atom. The topological polar surface area (TPSA) is 95.7 Å². The summed E-state index contributed by atoms with van der Waals surface area (Å²) in [6.45, 7) is 3.84. The number of nitrogens with zero attached hydrogens (tertiary/aromatic N) is 2. The monoisotopic (exact) mass is 312 g/mol. The van der Waals surface area contributed by atoms with Crippen molar-refractivity contribution in [2.45, 2.75) is 6.92 Å². The van der Waals surface area contributed by atoms with E-state index >= 15 is 0 Å². The maximum Gasteiger partial charge on any atom is 0.277 e. The van der Waals surface area contributed by atoms with Crippen LogP contribution >= 0.6 is 0 Å². The summed E-state index contributed by atoms with van der Waals surface area (Å²) in [6, 6.07) is 7.31. The Labute approximate surface area is 124 Å². The first-order valence-corrected chi connectivity index (χ1v) is 8.34. The first-order chi connectivity index (χ1) is 9.93. The standard InChI is InChI=1S/C13H20N4O3S/c1-2-15-12-6-4-3-5-11(12)13(18)16-7-9-17(10-8-16)21(14,19)20/h3-6,15H,2,7-10H2,1H3,(H2,14,19,20). The summed E-state index contributed by atoms with van der Waals surface area (Å²) in [5.41, 5.74) is 1.39. The van der Waals surface area contributed by atoms with Gasteiger partial charge in [0.1, 0.15) is 0 Å².